The number of rotatable bonds is 1. The molecule has 0 aliphatic carbocycles. The summed E-state index contributed by atoms with van der Waals surface area (Å²) in [6.45, 7) is 15.4. The van der Waals surface area contributed by atoms with Crippen LogP contribution in [0.25, 0.3) is 0 Å². The third-order valence-electron chi connectivity index (χ3n) is 2.15. The first-order chi connectivity index (χ1) is 7.52. The van der Waals surface area contributed by atoms with E-state index in [1.54, 1.807) is 0 Å². The second kappa shape index (κ2) is 6.09. The molecule has 1 aromatic rings. The van der Waals surface area contributed by atoms with Crippen LogP contribution in [0.5, 0.6) is 0 Å². The van der Waals surface area contributed by atoms with Crippen molar-refractivity contribution in [2.75, 3.05) is 11.9 Å². The SMILES string of the molecule is CC(C)(C)C.CN(c1ccccc1)C(C)(C)C. The second-order valence-electron chi connectivity index (χ2n) is 7.07. The zero-order chi connectivity index (χ0) is 13.7. The monoisotopic (exact) mass is 235 g/mol. The highest BCUT2D eigenvalue weighted by atomic mass is 15.2. The Labute approximate surface area is 108 Å². The summed E-state index contributed by atoms with van der Waals surface area (Å²) in [5.41, 5.74) is 1.96. The number of hydrogen-bond acceptors (Lipinski definition) is 1. The Bertz CT molecular complexity index is 295. The van der Waals surface area contributed by atoms with Crippen LogP contribution in [0, 0.1) is 5.41 Å². The normalized spacial score (nSPS) is 11.5. The first kappa shape index (κ1) is 16.0. The number of nitrogens with zero attached hydrogens (tertiary/aromatic N) is 1. The van der Waals surface area contributed by atoms with E-state index in [1.165, 1.54) is 5.69 Å². The fraction of sp³-hybridized carbons (Fsp3) is 0.625. The minimum Gasteiger partial charge on any atom is -0.370 e. The summed E-state index contributed by atoms with van der Waals surface area (Å²) in [5.74, 6) is 0. The van der Waals surface area contributed by atoms with Gasteiger partial charge in [0, 0.05) is 18.3 Å². The zero-order valence-electron chi connectivity index (χ0n) is 12.8. The third kappa shape index (κ3) is 8.79. The van der Waals surface area contributed by atoms with Crippen LogP contribution in [0.3, 0.4) is 0 Å². The van der Waals surface area contributed by atoms with Crippen LogP contribution in [-0.4, -0.2) is 12.6 Å². The molecule has 1 nitrogen and oxygen atoms in total. The van der Waals surface area contributed by atoms with Crippen LogP contribution in [0.1, 0.15) is 48.5 Å². The van der Waals surface area contributed by atoms with E-state index in [4.69, 9.17) is 0 Å². The topological polar surface area (TPSA) is 3.24 Å². The number of para-hydroxylation sites is 1. The van der Waals surface area contributed by atoms with Gasteiger partial charge in [-0.2, -0.15) is 0 Å². The molecule has 1 aromatic carbocycles. The first-order valence-corrected chi connectivity index (χ1v) is 6.31. The van der Waals surface area contributed by atoms with Crippen molar-refractivity contribution in [3.63, 3.8) is 0 Å². The molecule has 0 atom stereocenters. The van der Waals surface area contributed by atoms with Gasteiger partial charge in [-0.15, -0.1) is 0 Å². The quantitative estimate of drug-likeness (QED) is 0.664. The van der Waals surface area contributed by atoms with E-state index >= 15 is 0 Å². The van der Waals surface area contributed by atoms with Crippen LogP contribution in [0.2, 0.25) is 0 Å². The minimum atomic E-state index is 0.196. The molecule has 0 saturated heterocycles. The average Bonchev–Trinajstić information content (AvgIpc) is 2.14. The molecular weight excluding hydrogens is 206 g/mol. The van der Waals surface area contributed by atoms with Gasteiger partial charge in [0.15, 0.2) is 0 Å². The van der Waals surface area contributed by atoms with Gasteiger partial charge in [-0.1, -0.05) is 45.9 Å². The lowest BCUT2D eigenvalue weighted by Gasteiger charge is -2.34. The molecular formula is C16H29N. The molecule has 17 heavy (non-hydrogen) atoms. The lowest BCUT2D eigenvalue weighted by Crippen LogP contribution is -2.37. The van der Waals surface area contributed by atoms with Gasteiger partial charge in [-0.05, 0) is 38.3 Å². The standard InChI is InChI=1S/C11H17N.C5H12/c1-11(2,3)12(4)10-8-6-5-7-9-10;1-5(2,3)4/h5-9H,1-4H3;1-4H3. The van der Waals surface area contributed by atoms with Gasteiger partial charge in [0.05, 0.1) is 0 Å². The van der Waals surface area contributed by atoms with Crippen LogP contribution >= 0.6 is 0 Å². The molecule has 0 bridgehead atoms. The van der Waals surface area contributed by atoms with E-state index < -0.39 is 0 Å². The van der Waals surface area contributed by atoms with E-state index in [2.05, 4.69) is 84.7 Å². The van der Waals surface area contributed by atoms with E-state index in [-0.39, 0.29) is 5.54 Å². The van der Waals surface area contributed by atoms with Crippen molar-refractivity contribution in [3.05, 3.63) is 30.3 Å². The average molecular weight is 235 g/mol. The molecule has 0 heterocycles. The fourth-order valence-electron chi connectivity index (χ4n) is 1.04. The Morgan fingerprint density at radius 2 is 1.12 bits per heavy atom. The summed E-state index contributed by atoms with van der Waals surface area (Å²) in [6, 6.07) is 10.4. The van der Waals surface area contributed by atoms with Crippen molar-refractivity contribution in [1.29, 1.82) is 0 Å². The highest BCUT2D eigenvalue weighted by Crippen LogP contribution is 2.20. The molecule has 0 aromatic heterocycles. The minimum absolute atomic E-state index is 0.196. The third-order valence-corrected chi connectivity index (χ3v) is 2.15. The Morgan fingerprint density at radius 3 is 1.41 bits per heavy atom. The first-order valence-electron chi connectivity index (χ1n) is 6.31. The van der Waals surface area contributed by atoms with Crippen molar-refractivity contribution in [3.8, 4) is 0 Å². The molecule has 0 spiro atoms. The Morgan fingerprint density at radius 1 is 0.765 bits per heavy atom. The van der Waals surface area contributed by atoms with Crippen molar-refractivity contribution in [2.24, 2.45) is 5.41 Å². The van der Waals surface area contributed by atoms with Gasteiger partial charge >= 0.3 is 0 Å². The summed E-state index contributed by atoms with van der Waals surface area (Å²) in [5, 5.41) is 0. The molecule has 0 unspecified atom stereocenters. The Kier molecular flexibility index (Phi) is 5.74. The molecule has 0 radical (unpaired) electrons. The fourth-order valence-corrected chi connectivity index (χ4v) is 1.04. The maximum absolute atomic E-state index is 2.27. The molecule has 1 rings (SSSR count). The molecule has 98 valence electrons. The van der Waals surface area contributed by atoms with E-state index in [0.717, 1.165) is 0 Å². The van der Waals surface area contributed by atoms with E-state index in [9.17, 15) is 0 Å². The summed E-state index contributed by atoms with van der Waals surface area (Å²) in [7, 11) is 2.12. The smallest absolute Gasteiger partial charge is 0.0367 e. The van der Waals surface area contributed by atoms with Gasteiger partial charge < -0.3 is 4.90 Å². The van der Waals surface area contributed by atoms with Gasteiger partial charge in [-0.25, -0.2) is 0 Å². The van der Waals surface area contributed by atoms with Crippen molar-refractivity contribution in [2.45, 2.75) is 54.0 Å². The number of anilines is 1. The summed E-state index contributed by atoms with van der Waals surface area (Å²) in [6.07, 6.45) is 0. The van der Waals surface area contributed by atoms with Gasteiger partial charge in [0.1, 0.15) is 0 Å². The van der Waals surface area contributed by atoms with E-state index in [1.807, 2.05) is 6.07 Å². The Balaban J connectivity index is 0.000000437. The molecule has 0 N–H and O–H groups in total. The summed E-state index contributed by atoms with van der Waals surface area (Å²) < 4.78 is 0. The van der Waals surface area contributed by atoms with E-state index in [0.29, 0.717) is 5.41 Å². The lowest BCUT2D eigenvalue weighted by atomic mass is 10.0. The molecule has 0 amide bonds. The van der Waals surface area contributed by atoms with Crippen molar-refractivity contribution < 1.29 is 0 Å². The maximum atomic E-state index is 2.27. The van der Waals surface area contributed by atoms with Gasteiger partial charge in [0.25, 0.3) is 0 Å². The van der Waals surface area contributed by atoms with Crippen molar-refractivity contribution >= 4 is 5.69 Å². The molecule has 1 heteroatoms. The summed E-state index contributed by atoms with van der Waals surface area (Å²) >= 11 is 0. The number of hydrogen-bond donors (Lipinski definition) is 0. The highest BCUT2D eigenvalue weighted by Gasteiger charge is 2.16. The largest absolute Gasteiger partial charge is 0.370 e. The lowest BCUT2D eigenvalue weighted by molar-refractivity contribution is 0.469. The highest BCUT2D eigenvalue weighted by molar-refractivity contribution is 5.47. The second-order valence-corrected chi connectivity index (χ2v) is 7.07. The van der Waals surface area contributed by atoms with Crippen LogP contribution in [0.4, 0.5) is 5.69 Å². The van der Waals surface area contributed by atoms with Crippen LogP contribution in [0.15, 0.2) is 30.3 Å². The predicted octanol–water partition coefficient (Wildman–Crippen LogP) is 4.97. The van der Waals surface area contributed by atoms with Gasteiger partial charge in [-0.3, -0.25) is 0 Å². The van der Waals surface area contributed by atoms with Crippen LogP contribution in [-0.2, 0) is 0 Å². The number of benzene rings is 1. The summed E-state index contributed by atoms with van der Waals surface area (Å²) in [4.78, 5) is 2.27. The maximum Gasteiger partial charge on any atom is 0.0367 e. The molecule has 0 aliphatic heterocycles. The molecule has 0 aliphatic rings. The Hall–Kier alpha value is -0.980. The zero-order valence-corrected chi connectivity index (χ0v) is 12.8. The van der Waals surface area contributed by atoms with Crippen molar-refractivity contribution in [1.82, 2.24) is 0 Å². The molecule has 0 saturated carbocycles. The predicted molar refractivity (Wildman–Crippen MR) is 79.7 cm³/mol. The van der Waals surface area contributed by atoms with Gasteiger partial charge in [0.2, 0.25) is 0 Å². The molecule has 0 fully saturated rings. The van der Waals surface area contributed by atoms with Crippen LogP contribution < -0.4 is 4.90 Å².